The molecule has 1 unspecified atom stereocenters. The predicted molar refractivity (Wildman–Crippen MR) is 130 cm³/mol. The minimum Gasteiger partial charge on any atom is -0.383 e. The van der Waals surface area contributed by atoms with Gasteiger partial charge in [-0.15, -0.1) is 0 Å². The molecule has 1 atom stereocenters. The molecule has 9 heteroatoms. The number of rotatable bonds is 10. The van der Waals surface area contributed by atoms with Crippen LogP contribution in [0.3, 0.4) is 0 Å². The van der Waals surface area contributed by atoms with Gasteiger partial charge in [-0.3, -0.25) is 24.0 Å². The van der Waals surface area contributed by atoms with Gasteiger partial charge >= 0.3 is 5.69 Å². The van der Waals surface area contributed by atoms with E-state index in [1.54, 1.807) is 0 Å². The number of aromatic amines is 1. The van der Waals surface area contributed by atoms with Crippen molar-refractivity contribution >= 4 is 29.0 Å². The number of nitrogen functional groups attached to an aromatic ring is 1. The zero-order valence-electron chi connectivity index (χ0n) is 19.5. The topological polar surface area (TPSA) is 104 Å². The highest BCUT2D eigenvalue weighted by Gasteiger charge is 2.26. The molecule has 2 aromatic rings. The molecule has 0 saturated carbocycles. The first-order valence-corrected chi connectivity index (χ1v) is 11.3. The van der Waals surface area contributed by atoms with E-state index in [0.717, 1.165) is 12.0 Å². The third-order valence-corrected chi connectivity index (χ3v) is 5.72. The van der Waals surface area contributed by atoms with E-state index < -0.39 is 11.2 Å². The molecule has 32 heavy (non-hydrogen) atoms. The second-order valence-electron chi connectivity index (χ2n) is 8.54. The SMILES string of the molecule is CCCCN(C(=O)CN(C)C(C)c1ccc(Cl)cc1)c1c(N)n(CC(C)C)c(=O)[nH]c1=O. The number of unbranched alkanes of at least 4 members (excludes halogenated alkanes) is 1. The fourth-order valence-corrected chi connectivity index (χ4v) is 3.62. The number of carbonyl (C=O) groups excluding carboxylic acids is 1. The van der Waals surface area contributed by atoms with Crippen LogP contribution in [0.2, 0.25) is 5.02 Å². The molecule has 1 aromatic carbocycles. The molecule has 0 radical (unpaired) electrons. The third kappa shape index (κ3) is 6.23. The first-order valence-electron chi connectivity index (χ1n) is 10.9. The molecule has 1 heterocycles. The van der Waals surface area contributed by atoms with Gasteiger partial charge in [0.1, 0.15) is 5.82 Å². The lowest BCUT2D eigenvalue weighted by molar-refractivity contribution is -0.119. The van der Waals surface area contributed by atoms with Crippen LogP contribution in [0.5, 0.6) is 0 Å². The summed E-state index contributed by atoms with van der Waals surface area (Å²) < 4.78 is 1.33. The van der Waals surface area contributed by atoms with Crippen molar-refractivity contribution in [3.8, 4) is 0 Å². The lowest BCUT2D eigenvalue weighted by Crippen LogP contribution is -2.45. The van der Waals surface area contributed by atoms with E-state index in [2.05, 4.69) is 4.98 Å². The summed E-state index contributed by atoms with van der Waals surface area (Å²) >= 11 is 5.98. The van der Waals surface area contributed by atoms with Crippen LogP contribution in [-0.4, -0.2) is 40.5 Å². The Morgan fingerprint density at radius 2 is 1.81 bits per heavy atom. The number of hydrogen-bond donors (Lipinski definition) is 2. The van der Waals surface area contributed by atoms with E-state index in [-0.39, 0.29) is 35.9 Å². The van der Waals surface area contributed by atoms with Crippen LogP contribution in [0.1, 0.15) is 52.1 Å². The number of carbonyl (C=O) groups is 1. The molecule has 0 aliphatic rings. The summed E-state index contributed by atoms with van der Waals surface area (Å²) in [7, 11) is 1.85. The van der Waals surface area contributed by atoms with Crippen molar-refractivity contribution < 1.29 is 4.79 Å². The van der Waals surface area contributed by atoms with Crippen LogP contribution in [0, 0.1) is 5.92 Å². The molecule has 1 amide bonds. The predicted octanol–water partition coefficient (Wildman–Crippen LogP) is 3.25. The maximum absolute atomic E-state index is 13.3. The van der Waals surface area contributed by atoms with E-state index in [4.69, 9.17) is 17.3 Å². The lowest BCUT2D eigenvalue weighted by Gasteiger charge is -2.29. The Bertz CT molecular complexity index is 1030. The van der Waals surface area contributed by atoms with Crippen molar-refractivity contribution in [3.63, 3.8) is 0 Å². The standard InChI is InChI=1S/C23H34ClN5O3/c1-6-7-12-28(20-21(25)29(13-15(2)3)23(32)26-22(20)31)19(30)14-27(5)16(4)17-8-10-18(24)11-9-17/h8-11,15-16H,6-7,12-14,25H2,1-5H3,(H,26,31,32). The Hall–Kier alpha value is -2.58. The molecule has 2 rings (SSSR count). The van der Waals surface area contributed by atoms with Gasteiger partial charge in [0, 0.05) is 24.2 Å². The summed E-state index contributed by atoms with van der Waals surface area (Å²) in [5, 5.41) is 0.650. The maximum Gasteiger partial charge on any atom is 0.330 e. The Morgan fingerprint density at radius 1 is 1.19 bits per heavy atom. The van der Waals surface area contributed by atoms with E-state index in [0.29, 0.717) is 24.5 Å². The van der Waals surface area contributed by atoms with E-state index in [1.807, 2.05) is 63.9 Å². The van der Waals surface area contributed by atoms with Gasteiger partial charge in [0.2, 0.25) is 5.91 Å². The molecule has 8 nitrogen and oxygen atoms in total. The summed E-state index contributed by atoms with van der Waals surface area (Å²) in [5.74, 6) is -0.0982. The van der Waals surface area contributed by atoms with Crippen molar-refractivity contribution in [3.05, 3.63) is 55.7 Å². The molecular weight excluding hydrogens is 430 g/mol. The van der Waals surface area contributed by atoms with Gasteiger partial charge in [0.05, 0.1) is 6.54 Å². The molecule has 0 spiro atoms. The minimum absolute atomic E-state index is 0.0188. The van der Waals surface area contributed by atoms with Crippen molar-refractivity contribution in [1.82, 2.24) is 14.5 Å². The van der Waals surface area contributed by atoms with Crippen molar-refractivity contribution in [2.24, 2.45) is 5.92 Å². The second kappa shape index (κ2) is 11.3. The number of halogens is 1. The number of nitrogens with zero attached hydrogens (tertiary/aromatic N) is 3. The molecule has 3 N–H and O–H groups in total. The average Bonchev–Trinajstić information content (AvgIpc) is 2.73. The zero-order valence-corrected chi connectivity index (χ0v) is 20.3. The number of H-pyrrole nitrogens is 1. The second-order valence-corrected chi connectivity index (χ2v) is 8.98. The van der Waals surface area contributed by atoms with Gasteiger partial charge in [-0.25, -0.2) is 4.79 Å². The smallest absolute Gasteiger partial charge is 0.330 e. The molecule has 0 bridgehead atoms. The number of benzene rings is 1. The lowest BCUT2D eigenvalue weighted by atomic mass is 10.1. The Balaban J connectivity index is 2.37. The fraction of sp³-hybridized carbons (Fsp3) is 0.522. The molecule has 0 fully saturated rings. The van der Waals surface area contributed by atoms with Crippen molar-refractivity contribution in [2.75, 3.05) is 30.8 Å². The zero-order chi connectivity index (χ0) is 24.0. The largest absolute Gasteiger partial charge is 0.383 e. The van der Waals surface area contributed by atoms with E-state index >= 15 is 0 Å². The van der Waals surface area contributed by atoms with Gasteiger partial charge in [0.25, 0.3) is 5.56 Å². The molecule has 176 valence electrons. The highest BCUT2D eigenvalue weighted by atomic mass is 35.5. The van der Waals surface area contributed by atoms with Crippen LogP contribution < -0.4 is 21.9 Å². The number of amides is 1. The van der Waals surface area contributed by atoms with Gasteiger partial charge in [-0.2, -0.15) is 0 Å². The average molecular weight is 464 g/mol. The van der Waals surface area contributed by atoms with E-state index in [1.165, 1.54) is 9.47 Å². The van der Waals surface area contributed by atoms with Gasteiger partial charge < -0.3 is 10.6 Å². The van der Waals surface area contributed by atoms with Crippen LogP contribution in [-0.2, 0) is 11.3 Å². The number of anilines is 2. The molecule has 0 aliphatic carbocycles. The van der Waals surface area contributed by atoms with Gasteiger partial charge in [-0.05, 0) is 44.0 Å². The number of likely N-dealkylation sites (N-methyl/N-ethyl adjacent to an activating group) is 1. The molecule has 0 saturated heterocycles. The number of nitrogens with two attached hydrogens (primary N) is 1. The van der Waals surface area contributed by atoms with Crippen LogP contribution in [0.15, 0.2) is 33.9 Å². The molecular formula is C23H34ClN5O3. The quantitative estimate of drug-likeness (QED) is 0.562. The maximum atomic E-state index is 13.3. The molecule has 0 aliphatic heterocycles. The molecule has 1 aromatic heterocycles. The van der Waals surface area contributed by atoms with Gasteiger partial charge in [0.15, 0.2) is 5.69 Å². The van der Waals surface area contributed by atoms with Crippen LogP contribution in [0.25, 0.3) is 0 Å². The normalized spacial score (nSPS) is 12.4. The summed E-state index contributed by atoms with van der Waals surface area (Å²) in [6.07, 6.45) is 1.54. The third-order valence-electron chi connectivity index (χ3n) is 5.47. The van der Waals surface area contributed by atoms with Gasteiger partial charge in [-0.1, -0.05) is 50.9 Å². The van der Waals surface area contributed by atoms with Crippen molar-refractivity contribution in [1.29, 1.82) is 0 Å². The summed E-state index contributed by atoms with van der Waals surface area (Å²) in [5.41, 5.74) is 6.11. The number of aromatic nitrogens is 2. The highest BCUT2D eigenvalue weighted by Crippen LogP contribution is 2.23. The van der Waals surface area contributed by atoms with E-state index in [9.17, 15) is 14.4 Å². The summed E-state index contributed by atoms with van der Waals surface area (Å²) in [6, 6.07) is 7.43. The fourth-order valence-electron chi connectivity index (χ4n) is 3.49. The van der Waals surface area contributed by atoms with Crippen molar-refractivity contribution in [2.45, 2.75) is 53.1 Å². The Morgan fingerprint density at radius 3 is 2.38 bits per heavy atom. The highest BCUT2D eigenvalue weighted by molar-refractivity contribution is 6.30. The Labute approximate surface area is 194 Å². The summed E-state index contributed by atoms with van der Waals surface area (Å²) in [6.45, 7) is 8.66. The minimum atomic E-state index is -0.648. The summed E-state index contributed by atoms with van der Waals surface area (Å²) in [4.78, 5) is 44.0. The number of hydrogen-bond acceptors (Lipinski definition) is 5. The van der Waals surface area contributed by atoms with Crippen LogP contribution in [0.4, 0.5) is 11.5 Å². The van der Waals surface area contributed by atoms with Crippen LogP contribution >= 0.6 is 11.6 Å². The number of nitrogens with one attached hydrogen (secondary N) is 1. The monoisotopic (exact) mass is 463 g/mol. The Kier molecular flexibility index (Phi) is 9.09. The first kappa shape index (κ1) is 25.7. The first-order chi connectivity index (χ1) is 15.1.